The van der Waals surface area contributed by atoms with E-state index >= 15 is 0 Å². The number of alkyl halides is 1. The Morgan fingerprint density at radius 2 is 1.90 bits per heavy atom. The molecular formula is C17H23ClF2. The fourth-order valence-electron chi connectivity index (χ4n) is 3.19. The third-order valence-corrected chi connectivity index (χ3v) is 5.19. The van der Waals surface area contributed by atoms with Crippen LogP contribution in [0.15, 0.2) is 18.2 Å². The van der Waals surface area contributed by atoms with Crippen molar-refractivity contribution >= 4 is 11.6 Å². The number of halogens is 3. The number of benzene rings is 1. The van der Waals surface area contributed by atoms with Gasteiger partial charge in [0.1, 0.15) is 11.6 Å². The van der Waals surface area contributed by atoms with Gasteiger partial charge < -0.3 is 0 Å². The van der Waals surface area contributed by atoms with Crippen LogP contribution < -0.4 is 0 Å². The van der Waals surface area contributed by atoms with Crippen LogP contribution in [-0.4, -0.2) is 5.38 Å². The van der Waals surface area contributed by atoms with Gasteiger partial charge in [-0.2, -0.15) is 0 Å². The van der Waals surface area contributed by atoms with E-state index in [0.29, 0.717) is 17.9 Å². The highest BCUT2D eigenvalue weighted by atomic mass is 35.5. The Morgan fingerprint density at radius 3 is 2.50 bits per heavy atom. The number of hydrogen-bond donors (Lipinski definition) is 0. The molecule has 0 amide bonds. The van der Waals surface area contributed by atoms with Crippen molar-refractivity contribution < 1.29 is 8.78 Å². The van der Waals surface area contributed by atoms with Crippen LogP contribution in [0.3, 0.4) is 0 Å². The average molecular weight is 301 g/mol. The van der Waals surface area contributed by atoms with Crippen LogP contribution in [0.25, 0.3) is 0 Å². The summed E-state index contributed by atoms with van der Waals surface area (Å²) in [7, 11) is 0. The highest BCUT2D eigenvalue weighted by molar-refractivity contribution is 6.20. The molecule has 3 unspecified atom stereocenters. The molecule has 0 N–H and O–H groups in total. The normalized spacial score (nSPS) is 27.6. The second-order valence-corrected chi connectivity index (χ2v) is 7.65. The highest BCUT2D eigenvalue weighted by Gasteiger charge is 2.35. The summed E-state index contributed by atoms with van der Waals surface area (Å²) in [5, 5.41) is 0.0954. The van der Waals surface area contributed by atoms with Crippen molar-refractivity contribution in [3.8, 4) is 0 Å². The summed E-state index contributed by atoms with van der Waals surface area (Å²) in [5.74, 6) is -0.0859. The van der Waals surface area contributed by atoms with Gasteiger partial charge in [-0.15, -0.1) is 11.6 Å². The standard InChI is InChI=1S/C17H23ClF2/c1-17(2,3)13-5-7-15(18)12(9-13)8-11-4-6-14(19)10-16(11)20/h4,6,10,12-13,15H,5,7-9H2,1-3H3. The van der Waals surface area contributed by atoms with E-state index < -0.39 is 11.6 Å². The van der Waals surface area contributed by atoms with Crippen LogP contribution >= 0.6 is 11.6 Å². The Labute approximate surface area is 125 Å². The first kappa shape index (κ1) is 15.8. The molecule has 1 aliphatic rings. The molecule has 1 aliphatic carbocycles. The van der Waals surface area contributed by atoms with Crippen molar-refractivity contribution in [1.82, 2.24) is 0 Å². The van der Waals surface area contributed by atoms with E-state index in [9.17, 15) is 8.78 Å². The van der Waals surface area contributed by atoms with Gasteiger partial charge in [0.05, 0.1) is 0 Å². The van der Waals surface area contributed by atoms with Crippen LogP contribution in [-0.2, 0) is 6.42 Å². The summed E-state index contributed by atoms with van der Waals surface area (Å²) < 4.78 is 26.7. The monoisotopic (exact) mass is 300 g/mol. The van der Waals surface area contributed by atoms with E-state index in [4.69, 9.17) is 11.6 Å². The summed E-state index contributed by atoms with van der Waals surface area (Å²) in [5.41, 5.74) is 0.841. The fourth-order valence-corrected chi connectivity index (χ4v) is 3.51. The SMILES string of the molecule is CC(C)(C)C1CCC(Cl)C(Cc2ccc(F)cc2F)C1. The predicted molar refractivity (Wildman–Crippen MR) is 80.0 cm³/mol. The van der Waals surface area contributed by atoms with Crippen LogP contribution in [0.4, 0.5) is 8.78 Å². The molecule has 0 saturated heterocycles. The van der Waals surface area contributed by atoms with Gasteiger partial charge in [-0.3, -0.25) is 0 Å². The molecule has 1 aromatic rings. The molecule has 0 radical (unpaired) electrons. The van der Waals surface area contributed by atoms with Gasteiger partial charge in [0.15, 0.2) is 0 Å². The topological polar surface area (TPSA) is 0 Å². The first-order valence-electron chi connectivity index (χ1n) is 7.35. The first-order chi connectivity index (χ1) is 9.27. The molecule has 1 fully saturated rings. The third-order valence-electron chi connectivity index (χ3n) is 4.61. The molecule has 0 aliphatic heterocycles. The minimum absolute atomic E-state index is 0.0954. The van der Waals surface area contributed by atoms with Gasteiger partial charge >= 0.3 is 0 Å². The quantitative estimate of drug-likeness (QED) is 0.626. The second kappa shape index (κ2) is 6.01. The van der Waals surface area contributed by atoms with E-state index in [0.717, 1.165) is 25.3 Å². The summed E-state index contributed by atoms with van der Waals surface area (Å²) >= 11 is 6.44. The van der Waals surface area contributed by atoms with Gasteiger partial charge in [0.25, 0.3) is 0 Å². The molecule has 3 heteroatoms. The van der Waals surface area contributed by atoms with Crippen LogP contribution in [0.1, 0.15) is 45.6 Å². The molecule has 0 heterocycles. The van der Waals surface area contributed by atoms with Crippen LogP contribution in [0, 0.1) is 28.9 Å². The van der Waals surface area contributed by atoms with E-state index in [1.165, 1.54) is 6.07 Å². The lowest BCUT2D eigenvalue weighted by Gasteiger charge is -2.40. The fraction of sp³-hybridized carbons (Fsp3) is 0.647. The van der Waals surface area contributed by atoms with Crippen molar-refractivity contribution in [2.24, 2.45) is 17.3 Å². The summed E-state index contributed by atoms with van der Waals surface area (Å²) in [6.45, 7) is 6.76. The maximum Gasteiger partial charge on any atom is 0.129 e. The average Bonchev–Trinajstić information content (AvgIpc) is 2.33. The van der Waals surface area contributed by atoms with Crippen molar-refractivity contribution in [2.45, 2.75) is 51.8 Å². The minimum atomic E-state index is -0.523. The maximum absolute atomic E-state index is 13.8. The second-order valence-electron chi connectivity index (χ2n) is 7.09. The molecule has 1 aromatic carbocycles. The molecule has 0 spiro atoms. The summed E-state index contributed by atoms with van der Waals surface area (Å²) in [6, 6.07) is 3.84. The molecule has 20 heavy (non-hydrogen) atoms. The lowest BCUT2D eigenvalue weighted by molar-refractivity contribution is 0.143. The van der Waals surface area contributed by atoms with Gasteiger partial charge in [0.2, 0.25) is 0 Å². The van der Waals surface area contributed by atoms with E-state index in [1.807, 2.05) is 0 Å². The Hall–Kier alpha value is -0.630. The van der Waals surface area contributed by atoms with Crippen molar-refractivity contribution in [3.63, 3.8) is 0 Å². The van der Waals surface area contributed by atoms with Gasteiger partial charge in [0, 0.05) is 11.4 Å². The zero-order valence-electron chi connectivity index (χ0n) is 12.4. The Bertz CT molecular complexity index is 465. The highest BCUT2D eigenvalue weighted by Crippen LogP contribution is 2.43. The van der Waals surface area contributed by atoms with Crippen LogP contribution in [0.5, 0.6) is 0 Å². The molecule has 1 saturated carbocycles. The molecule has 3 atom stereocenters. The molecule has 0 nitrogen and oxygen atoms in total. The zero-order valence-corrected chi connectivity index (χ0v) is 13.2. The largest absolute Gasteiger partial charge is 0.207 e. The number of hydrogen-bond acceptors (Lipinski definition) is 0. The lowest BCUT2D eigenvalue weighted by atomic mass is 9.68. The summed E-state index contributed by atoms with van der Waals surface area (Å²) in [6.07, 6.45) is 3.75. The van der Waals surface area contributed by atoms with Gasteiger partial charge in [-0.25, -0.2) is 8.78 Å². The summed E-state index contributed by atoms with van der Waals surface area (Å²) in [4.78, 5) is 0. The van der Waals surface area contributed by atoms with Crippen molar-refractivity contribution in [2.75, 3.05) is 0 Å². The smallest absolute Gasteiger partial charge is 0.129 e. The molecule has 112 valence electrons. The van der Waals surface area contributed by atoms with E-state index in [2.05, 4.69) is 20.8 Å². The minimum Gasteiger partial charge on any atom is -0.207 e. The predicted octanol–water partition coefficient (Wildman–Crippen LogP) is 5.58. The maximum atomic E-state index is 13.8. The van der Waals surface area contributed by atoms with E-state index in [-0.39, 0.29) is 16.7 Å². The van der Waals surface area contributed by atoms with Gasteiger partial charge in [-0.1, -0.05) is 26.8 Å². The Morgan fingerprint density at radius 1 is 1.20 bits per heavy atom. The molecule has 0 bridgehead atoms. The van der Waals surface area contributed by atoms with Crippen molar-refractivity contribution in [3.05, 3.63) is 35.4 Å². The number of rotatable bonds is 2. The first-order valence-corrected chi connectivity index (χ1v) is 7.79. The van der Waals surface area contributed by atoms with Crippen molar-refractivity contribution in [1.29, 1.82) is 0 Å². The molecular weight excluding hydrogens is 278 g/mol. The molecule has 2 rings (SSSR count). The zero-order chi connectivity index (χ0) is 14.9. The van der Waals surface area contributed by atoms with Crippen LogP contribution in [0.2, 0.25) is 0 Å². The van der Waals surface area contributed by atoms with E-state index in [1.54, 1.807) is 6.07 Å². The third kappa shape index (κ3) is 3.72. The Balaban J connectivity index is 2.10. The lowest BCUT2D eigenvalue weighted by Crippen LogP contribution is -2.33. The molecule has 0 aromatic heterocycles. The van der Waals surface area contributed by atoms with Gasteiger partial charge in [-0.05, 0) is 54.6 Å². The Kier molecular flexibility index (Phi) is 4.73.